The lowest BCUT2D eigenvalue weighted by atomic mass is 9.37. The maximum atomic E-state index is 4.29. The summed E-state index contributed by atoms with van der Waals surface area (Å²) in [6, 6.07) is 0. The Kier molecular flexibility index (Phi) is 2.40. The van der Waals surface area contributed by atoms with E-state index in [4.69, 9.17) is 0 Å². The van der Waals surface area contributed by atoms with Gasteiger partial charge in [0.15, 0.2) is 0 Å². The predicted molar refractivity (Wildman–Crippen MR) is 83.3 cm³/mol. The minimum absolute atomic E-state index is 0.458. The van der Waals surface area contributed by atoms with Crippen LogP contribution in [0, 0.1) is 35.0 Å². The highest BCUT2D eigenvalue weighted by atomic mass is 79.9. The highest BCUT2D eigenvalue weighted by molar-refractivity contribution is 9.10. The molecule has 8 atom stereocenters. The zero-order valence-electron chi connectivity index (χ0n) is 11.7. The van der Waals surface area contributed by atoms with Crippen LogP contribution in [0.5, 0.6) is 0 Å². The Balaban J connectivity index is 1.88. The summed E-state index contributed by atoms with van der Waals surface area (Å²) in [6.07, 6.45) is 7.24. The molecule has 0 heterocycles. The number of hydrogen-bond acceptors (Lipinski definition) is 0. The van der Waals surface area contributed by atoms with Crippen molar-refractivity contribution in [2.75, 3.05) is 0 Å². The van der Waals surface area contributed by atoms with Crippen molar-refractivity contribution in [1.29, 1.82) is 0 Å². The van der Waals surface area contributed by atoms with E-state index in [2.05, 4.69) is 52.6 Å². The van der Waals surface area contributed by atoms with E-state index in [0.717, 1.165) is 29.6 Å². The van der Waals surface area contributed by atoms with Crippen molar-refractivity contribution in [2.24, 2.45) is 35.0 Å². The Bertz CT molecular complexity index is 391. The van der Waals surface area contributed by atoms with Crippen LogP contribution in [0.1, 0.15) is 52.9 Å². The molecule has 5 aliphatic carbocycles. The summed E-state index contributed by atoms with van der Waals surface area (Å²) in [5.41, 5.74) is 0.625. The molecule has 0 spiro atoms. The smallest absolute Gasteiger partial charge is 0.0323 e. The lowest BCUT2D eigenvalue weighted by Crippen LogP contribution is -2.72. The molecule has 5 aliphatic rings. The average Bonchev–Trinajstić information content (AvgIpc) is 2.25. The Labute approximate surface area is 128 Å². The van der Waals surface area contributed by atoms with E-state index < -0.39 is 0 Å². The zero-order chi connectivity index (χ0) is 12.9. The van der Waals surface area contributed by atoms with Crippen molar-refractivity contribution in [2.45, 2.75) is 61.5 Å². The monoisotopic (exact) mass is 374 g/mol. The fourth-order valence-corrected chi connectivity index (χ4v) is 9.73. The molecule has 0 aliphatic heterocycles. The number of rotatable bonds is 0. The highest BCUT2D eigenvalue weighted by Gasteiger charge is 2.72. The minimum Gasteiger partial charge on any atom is -0.0847 e. The number of alkyl halides is 2. The quantitative estimate of drug-likeness (QED) is 0.498. The first-order valence-corrected chi connectivity index (χ1v) is 9.25. The average molecular weight is 376 g/mol. The van der Waals surface area contributed by atoms with E-state index >= 15 is 0 Å². The van der Waals surface area contributed by atoms with E-state index in [0.29, 0.717) is 14.1 Å². The number of hydrogen-bond donors (Lipinski definition) is 0. The summed E-state index contributed by atoms with van der Waals surface area (Å²) >= 11 is 8.56. The zero-order valence-corrected chi connectivity index (χ0v) is 14.9. The molecule has 0 aromatic rings. The van der Waals surface area contributed by atoms with Crippen molar-refractivity contribution in [3.05, 3.63) is 0 Å². The van der Waals surface area contributed by atoms with Gasteiger partial charge in [0.25, 0.3) is 0 Å². The van der Waals surface area contributed by atoms with Gasteiger partial charge in [-0.3, -0.25) is 0 Å². The third kappa shape index (κ3) is 1.29. The largest absolute Gasteiger partial charge is 0.0847 e. The molecule has 102 valence electrons. The standard InChI is InChI=1S/C16H24Br2/c1-9-4-11-13-7-14(3)6-12(15(13,17)5-9)10(2)16(11,18)8-14/h9-13H,4-8H2,1-3H3. The normalized spacial score (nSPS) is 69.5. The van der Waals surface area contributed by atoms with Crippen LogP contribution in [-0.2, 0) is 0 Å². The molecule has 2 heteroatoms. The molecule has 5 saturated carbocycles. The van der Waals surface area contributed by atoms with Gasteiger partial charge in [-0.2, -0.15) is 0 Å². The molecule has 0 saturated heterocycles. The molecule has 0 amide bonds. The predicted octanol–water partition coefficient (Wildman–Crippen LogP) is 5.39. The summed E-state index contributed by atoms with van der Waals surface area (Å²) in [5.74, 6) is 4.49. The van der Waals surface area contributed by atoms with Crippen LogP contribution in [0.15, 0.2) is 0 Å². The SMILES string of the molecule is CC1CC2C3CC4(C)CC(C(C)C2(Br)C4)C3(Br)C1. The molecule has 5 fully saturated rings. The Morgan fingerprint density at radius 2 is 1.56 bits per heavy atom. The van der Waals surface area contributed by atoms with Crippen LogP contribution in [-0.4, -0.2) is 8.65 Å². The van der Waals surface area contributed by atoms with Gasteiger partial charge in [0.2, 0.25) is 0 Å². The first-order chi connectivity index (χ1) is 8.29. The van der Waals surface area contributed by atoms with Crippen LogP contribution in [0.2, 0.25) is 0 Å². The van der Waals surface area contributed by atoms with Gasteiger partial charge in [-0.05, 0) is 67.1 Å². The van der Waals surface area contributed by atoms with E-state index in [1.165, 1.54) is 32.1 Å². The second-order valence-electron chi connectivity index (χ2n) is 8.40. The van der Waals surface area contributed by atoms with E-state index in [1.54, 1.807) is 0 Å². The van der Waals surface area contributed by atoms with Crippen molar-refractivity contribution in [3.8, 4) is 0 Å². The highest BCUT2D eigenvalue weighted by Crippen LogP contribution is 2.76. The van der Waals surface area contributed by atoms with Crippen molar-refractivity contribution in [3.63, 3.8) is 0 Å². The van der Waals surface area contributed by atoms with E-state index in [9.17, 15) is 0 Å². The fourth-order valence-electron chi connectivity index (χ4n) is 6.64. The minimum atomic E-state index is 0.458. The lowest BCUT2D eigenvalue weighted by molar-refractivity contribution is -0.150. The van der Waals surface area contributed by atoms with E-state index in [-0.39, 0.29) is 0 Å². The van der Waals surface area contributed by atoms with Gasteiger partial charge < -0.3 is 0 Å². The van der Waals surface area contributed by atoms with Gasteiger partial charge in [0.05, 0.1) is 0 Å². The lowest BCUT2D eigenvalue weighted by Gasteiger charge is -2.74. The molecular weight excluding hydrogens is 352 g/mol. The Morgan fingerprint density at radius 3 is 2.28 bits per heavy atom. The van der Waals surface area contributed by atoms with Gasteiger partial charge in [-0.15, -0.1) is 0 Å². The third-order valence-electron chi connectivity index (χ3n) is 7.14. The van der Waals surface area contributed by atoms with Crippen LogP contribution < -0.4 is 0 Å². The summed E-state index contributed by atoms with van der Waals surface area (Å²) < 4.78 is 0.936. The molecule has 8 unspecified atom stereocenters. The molecule has 5 rings (SSSR count). The molecule has 0 radical (unpaired) electrons. The first-order valence-electron chi connectivity index (χ1n) is 7.66. The van der Waals surface area contributed by atoms with Gasteiger partial charge in [-0.25, -0.2) is 0 Å². The van der Waals surface area contributed by atoms with Gasteiger partial charge in [-0.1, -0.05) is 52.6 Å². The Hall–Kier alpha value is 0.960. The van der Waals surface area contributed by atoms with Gasteiger partial charge in [0.1, 0.15) is 0 Å². The van der Waals surface area contributed by atoms with Gasteiger partial charge >= 0.3 is 0 Å². The fraction of sp³-hybridized carbons (Fsp3) is 1.00. The van der Waals surface area contributed by atoms with Crippen LogP contribution in [0.3, 0.4) is 0 Å². The van der Waals surface area contributed by atoms with Crippen LogP contribution in [0.4, 0.5) is 0 Å². The molecule has 0 aromatic heterocycles. The van der Waals surface area contributed by atoms with Crippen molar-refractivity contribution in [1.82, 2.24) is 0 Å². The first kappa shape index (κ1) is 12.7. The van der Waals surface area contributed by atoms with Crippen molar-refractivity contribution < 1.29 is 0 Å². The molecular formula is C16H24Br2. The maximum absolute atomic E-state index is 4.29. The van der Waals surface area contributed by atoms with Crippen molar-refractivity contribution >= 4 is 31.9 Å². The van der Waals surface area contributed by atoms with Crippen LogP contribution >= 0.6 is 31.9 Å². The third-order valence-corrected chi connectivity index (χ3v) is 10.2. The summed E-state index contributed by atoms with van der Waals surface area (Å²) in [6.45, 7) is 7.56. The second kappa shape index (κ2) is 3.40. The summed E-state index contributed by atoms with van der Waals surface area (Å²) in [5, 5.41) is 0. The molecule has 0 nitrogen and oxygen atoms in total. The van der Waals surface area contributed by atoms with Crippen LogP contribution in [0.25, 0.3) is 0 Å². The summed E-state index contributed by atoms with van der Waals surface area (Å²) in [7, 11) is 0. The second-order valence-corrected chi connectivity index (χ2v) is 11.4. The molecule has 0 aromatic carbocycles. The molecule has 6 bridgehead atoms. The molecule has 0 N–H and O–H groups in total. The van der Waals surface area contributed by atoms with E-state index in [1.807, 2.05) is 0 Å². The Morgan fingerprint density at radius 1 is 0.889 bits per heavy atom. The summed E-state index contributed by atoms with van der Waals surface area (Å²) in [4.78, 5) is 0. The topological polar surface area (TPSA) is 0 Å². The van der Waals surface area contributed by atoms with Gasteiger partial charge in [0, 0.05) is 8.65 Å². The molecule has 18 heavy (non-hydrogen) atoms. The number of halogens is 2. The maximum Gasteiger partial charge on any atom is 0.0323 e.